The summed E-state index contributed by atoms with van der Waals surface area (Å²) in [6.45, 7) is 0.569. The van der Waals surface area contributed by atoms with E-state index in [4.69, 9.17) is 10.2 Å². The van der Waals surface area contributed by atoms with Gasteiger partial charge in [-0.25, -0.2) is 4.98 Å². The van der Waals surface area contributed by atoms with Gasteiger partial charge in [0.15, 0.2) is 6.39 Å². The van der Waals surface area contributed by atoms with Crippen LogP contribution in [0.25, 0.3) is 11.3 Å². The largest absolute Gasteiger partial charge is 0.451 e. The number of oxazole rings is 1. The third-order valence-corrected chi connectivity index (χ3v) is 1.92. The van der Waals surface area contributed by atoms with Crippen molar-refractivity contribution in [2.24, 2.45) is 5.73 Å². The molecule has 0 saturated heterocycles. The first-order valence-corrected chi connectivity index (χ1v) is 4.08. The number of benzene rings is 1. The molecule has 3 nitrogen and oxygen atoms in total. The molecule has 0 atom stereocenters. The van der Waals surface area contributed by atoms with Gasteiger partial charge in [0.25, 0.3) is 0 Å². The first-order chi connectivity index (χ1) is 6.40. The van der Waals surface area contributed by atoms with Gasteiger partial charge in [0.05, 0.1) is 0 Å². The number of aromatic nitrogens is 1. The Bertz CT molecular complexity index is 364. The van der Waals surface area contributed by atoms with Crippen molar-refractivity contribution in [2.75, 3.05) is 0 Å². The van der Waals surface area contributed by atoms with E-state index in [1.54, 1.807) is 6.26 Å². The van der Waals surface area contributed by atoms with Crippen molar-refractivity contribution in [2.45, 2.75) is 6.54 Å². The SMILES string of the molecule is NCc1ccc(-c2cocn2)cc1. The van der Waals surface area contributed by atoms with Gasteiger partial charge in [0.2, 0.25) is 0 Å². The minimum absolute atomic E-state index is 0.569. The maximum absolute atomic E-state index is 5.48. The van der Waals surface area contributed by atoms with E-state index in [1.165, 1.54) is 6.39 Å². The van der Waals surface area contributed by atoms with Gasteiger partial charge in [-0.3, -0.25) is 0 Å². The lowest BCUT2D eigenvalue weighted by Crippen LogP contribution is -1.95. The molecule has 1 aromatic carbocycles. The summed E-state index contributed by atoms with van der Waals surface area (Å²) in [4.78, 5) is 4.04. The van der Waals surface area contributed by atoms with Crippen LogP contribution in [-0.4, -0.2) is 4.98 Å². The number of nitrogens with two attached hydrogens (primary N) is 1. The molecule has 3 heteroatoms. The number of hydrogen-bond donors (Lipinski definition) is 1. The van der Waals surface area contributed by atoms with Crippen LogP contribution in [0.2, 0.25) is 0 Å². The van der Waals surface area contributed by atoms with Crippen molar-refractivity contribution in [3.63, 3.8) is 0 Å². The second-order valence-corrected chi connectivity index (χ2v) is 2.77. The second kappa shape index (κ2) is 3.41. The minimum Gasteiger partial charge on any atom is -0.451 e. The van der Waals surface area contributed by atoms with Gasteiger partial charge < -0.3 is 10.2 Å². The van der Waals surface area contributed by atoms with E-state index in [0.717, 1.165) is 16.8 Å². The summed E-state index contributed by atoms with van der Waals surface area (Å²) in [7, 11) is 0. The van der Waals surface area contributed by atoms with Crippen LogP contribution in [0, 0.1) is 0 Å². The molecule has 0 fully saturated rings. The standard InChI is InChI=1S/C10H10N2O/c11-5-8-1-3-9(4-2-8)10-6-13-7-12-10/h1-4,6-7H,5,11H2. The average molecular weight is 174 g/mol. The molecular formula is C10H10N2O. The van der Waals surface area contributed by atoms with Crippen LogP contribution in [0.3, 0.4) is 0 Å². The lowest BCUT2D eigenvalue weighted by atomic mass is 10.1. The smallest absolute Gasteiger partial charge is 0.181 e. The van der Waals surface area contributed by atoms with Crippen LogP contribution < -0.4 is 5.73 Å². The Labute approximate surface area is 76.2 Å². The monoisotopic (exact) mass is 174 g/mol. The van der Waals surface area contributed by atoms with E-state index in [1.807, 2.05) is 24.3 Å². The number of rotatable bonds is 2. The van der Waals surface area contributed by atoms with Gasteiger partial charge in [-0.2, -0.15) is 0 Å². The molecule has 0 unspecified atom stereocenters. The summed E-state index contributed by atoms with van der Waals surface area (Å²) in [6.07, 6.45) is 3.05. The van der Waals surface area contributed by atoms with Crippen molar-refractivity contribution < 1.29 is 4.42 Å². The van der Waals surface area contributed by atoms with Gasteiger partial charge in [0, 0.05) is 12.1 Å². The number of nitrogens with zero attached hydrogens (tertiary/aromatic N) is 1. The molecule has 0 aliphatic carbocycles. The molecule has 1 aromatic heterocycles. The van der Waals surface area contributed by atoms with Gasteiger partial charge in [-0.1, -0.05) is 24.3 Å². The van der Waals surface area contributed by atoms with Crippen LogP contribution in [-0.2, 0) is 6.54 Å². The topological polar surface area (TPSA) is 52.0 Å². The summed E-state index contributed by atoms with van der Waals surface area (Å²) in [5.41, 5.74) is 8.50. The van der Waals surface area contributed by atoms with E-state index < -0.39 is 0 Å². The molecule has 0 amide bonds. The van der Waals surface area contributed by atoms with Crippen LogP contribution in [0.15, 0.2) is 41.3 Å². The van der Waals surface area contributed by atoms with Crippen molar-refractivity contribution in [1.82, 2.24) is 4.98 Å². The highest BCUT2D eigenvalue weighted by molar-refractivity contribution is 5.57. The summed E-state index contributed by atoms with van der Waals surface area (Å²) < 4.78 is 4.89. The average Bonchev–Trinajstić information content (AvgIpc) is 2.71. The molecule has 2 N–H and O–H groups in total. The Balaban J connectivity index is 2.33. The Morgan fingerprint density at radius 1 is 1.23 bits per heavy atom. The summed E-state index contributed by atoms with van der Waals surface area (Å²) in [5, 5.41) is 0. The van der Waals surface area contributed by atoms with Crippen LogP contribution in [0.4, 0.5) is 0 Å². The molecule has 0 saturated carbocycles. The minimum atomic E-state index is 0.569. The van der Waals surface area contributed by atoms with Gasteiger partial charge >= 0.3 is 0 Å². The summed E-state index contributed by atoms with van der Waals surface area (Å²) >= 11 is 0. The highest BCUT2D eigenvalue weighted by atomic mass is 16.3. The lowest BCUT2D eigenvalue weighted by molar-refractivity contribution is 0.558. The quantitative estimate of drug-likeness (QED) is 0.755. The third kappa shape index (κ3) is 1.60. The summed E-state index contributed by atoms with van der Waals surface area (Å²) in [6, 6.07) is 7.95. The molecule has 66 valence electrons. The second-order valence-electron chi connectivity index (χ2n) is 2.77. The Hall–Kier alpha value is -1.61. The predicted octanol–water partition coefficient (Wildman–Crippen LogP) is 1.80. The van der Waals surface area contributed by atoms with Crippen molar-refractivity contribution in [3.8, 4) is 11.3 Å². The van der Waals surface area contributed by atoms with E-state index in [0.29, 0.717) is 6.54 Å². The molecule has 2 rings (SSSR count). The Morgan fingerprint density at radius 3 is 2.54 bits per heavy atom. The molecular weight excluding hydrogens is 164 g/mol. The third-order valence-electron chi connectivity index (χ3n) is 1.92. The van der Waals surface area contributed by atoms with Gasteiger partial charge in [-0.05, 0) is 5.56 Å². The molecule has 0 aliphatic heterocycles. The fourth-order valence-electron chi connectivity index (χ4n) is 1.17. The first kappa shape index (κ1) is 8.01. The van der Waals surface area contributed by atoms with Crippen LogP contribution >= 0.6 is 0 Å². The zero-order chi connectivity index (χ0) is 9.10. The molecule has 13 heavy (non-hydrogen) atoms. The van der Waals surface area contributed by atoms with E-state index in [-0.39, 0.29) is 0 Å². The molecule has 2 aromatic rings. The van der Waals surface area contributed by atoms with Crippen molar-refractivity contribution >= 4 is 0 Å². The maximum atomic E-state index is 5.48. The highest BCUT2D eigenvalue weighted by Crippen LogP contribution is 2.16. The van der Waals surface area contributed by atoms with Crippen LogP contribution in [0.5, 0.6) is 0 Å². The molecule has 0 bridgehead atoms. The normalized spacial score (nSPS) is 10.2. The van der Waals surface area contributed by atoms with Gasteiger partial charge in [0.1, 0.15) is 12.0 Å². The molecule has 0 spiro atoms. The van der Waals surface area contributed by atoms with Crippen molar-refractivity contribution in [1.29, 1.82) is 0 Å². The maximum Gasteiger partial charge on any atom is 0.181 e. The predicted molar refractivity (Wildman–Crippen MR) is 49.8 cm³/mol. The van der Waals surface area contributed by atoms with E-state index in [9.17, 15) is 0 Å². The van der Waals surface area contributed by atoms with E-state index in [2.05, 4.69) is 4.98 Å². The zero-order valence-electron chi connectivity index (χ0n) is 7.10. The van der Waals surface area contributed by atoms with Crippen LogP contribution in [0.1, 0.15) is 5.56 Å². The fourth-order valence-corrected chi connectivity index (χ4v) is 1.17. The first-order valence-electron chi connectivity index (χ1n) is 4.08. The highest BCUT2D eigenvalue weighted by Gasteiger charge is 1.99. The molecule has 0 aliphatic rings. The summed E-state index contributed by atoms with van der Waals surface area (Å²) in [5.74, 6) is 0. The zero-order valence-corrected chi connectivity index (χ0v) is 7.10. The lowest BCUT2D eigenvalue weighted by Gasteiger charge is -1.97. The fraction of sp³-hybridized carbons (Fsp3) is 0.100. The molecule has 1 heterocycles. The van der Waals surface area contributed by atoms with E-state index >= 15 is 0 Å². The number of hydrogen-bond acceptors (Lipinski definition) is 3. The Kier molecular flexibility index (Phi) is 2.10. The Morgan fingerprint density at radius 2 is 2.00 bits per heavy atom. The van der Waals surface area contributed by atoms with Gasteiger partial charge in [-0.15, -0.1) is 0 Å². The van der Waals surface area contributed by atoms with Crippen molar-refractivity contribution in [3.05, 3.63) is 42.5 Å². The molecule has 0 radical (unpaired) electrons.